The van der Waals surface area contributed by atoms with Gasteiger partial charge in [-0.2, -0.15) is 0 Å². The van der Waals surface area contributed by atoms with Crippen molar-refractivity contribution in [2.45, 2.75) is 19.3 Å². The smallest absolute Gasteiger partial charge is 0.227 e. The molecule has 0 bridgehead atoms. The van der Waals surface area contributed by atoms with Crippen molar-refractivity contribution in [2.24, 2.45) is 11.8 Å². The number of rotatable bonds is 4. The number of anilines is 1. The maximum atomic E-state index is 12.9. The van der Waals surface area contributed by atoms with Crippen LogP contribution in [0.15, 0.2) is 24.3 Å². The van der Waals surface area contributed by atoms with Gasteiger partial charge in [-0.05, 0) is 37.1 Å². The Morgan fingerprint density at radius 1 is 1.30 bits per heavy atom. The van der Waals surface area contributed by atoms with Gasteiger partial charge in [0.25, 0.3) is 0 Å². The van der Waals surface area contributed by atoms with Crippen LogP contribution >= 0.6 is 0 Å². The fourth-order valence-electron chi connectivity index (χ4n) is 2.52. The highest BCUT2D eigenvalue weighted by Gasteiger charge is 2.33. The van der Waals surface area contributed by atoms with E-state index in [-0.39, 0.29) is 29.5 Å². The van der Waals surface area contributed by atoms with Crippen LogP contribution in [0.5, 0.6) is 0 Å². The molecule has 0 radical (unpaired) electrons. The van der Waals surface area contributed by atoms with E-state index < -0.39 is 0 Å². The highest BCUT2D eigenvalue weighted by molar-refractivity contribution is 5.95. The first kappa shape index (κ1) is 13.1. The van der Waals surface area contributed by atoms with Crippen LogP contribution in [-0.2, 0) is 9.59 Å². The largest absolute Gasteiger partial charge is 0.356 e. The molecule has 1 heterocycles. The average molecular weight is 276 g/mol. The van der Waals surface area contributed by atoms with Gasteiger partial charge < -0.3 is 10.2 Å². The van der Waals surface area contributed by atoms with Gasteiger partial charge in [0.15, 0.2) is 0 Å². The zero-order chi connectivity index (χ0) is 14.1. The highest BCUT2D eigenvalue weighted by atomic mass is 19.1. The molecule has 3 rings (SSSR count). The molecule has 1 saturated heterocycles. The zero-order valence-electron chi connectivity index (χ0n) is 11.1. The van der Waals surface area contributed by atoms with E-state index in [1.54, 1.807) is 17.0 Å². The molecule has 4 nitrogen and oxygen atoms in total. The van der Waals surface area contributed by atoms with Crippen LogP contribution in [0.1, 0.15) is 19.3 Å². The molecule has 1 N–H and O–H groups in total. The Balaban J connectivity index is 1.57. The maximum absolute atomic E-state index is 12.9. The zero-order valence-corrected chi connectivity index (χ0v) is 11.1. The number of carbonyl (C=O) groups excluding carboxylic acids is 2. The molecule has 1 atom stereocenters. The van der Waals surface area contributed by atoms with Crippen molar-refractivity contribution < 1.29 is 14.0 Å². The van der Waals surface area contributed by atoms with Crippen molar-refractivity contribution in [3.8, 4) is 0 Å². The van der Waals surface area contributed by atoms with Gasteiger partial charge in [0.1, 0.15) is 5.82 Å². The fraction of sp³-hybridized carbons (Fsp3) is 0.467. The summed E-state index contributed by atoms with van der Waals surface area (Å²) in [5, 5.41) is 2.91. The molecule has 5 heteroatoms. The lowest BCUT2D eigenvalue weighted by molar-refractivity contribution is -0.122. The quantitative estimate of drug-likeness (QED) is 0.910. The van der Waals surface area contributed by atoms with Crippen molar-refractivity contribution in [3.63, 3.8) is 0 Å². The number of hydrogen-bond donors (Lipinski definition) is 1. The second-order valence-electron chi connectivity index (χ2n) is 5.57. The van der Waals surface area contributed by atoms with Crippen molar-refractivity contribution in [1.29, 1.82) is 0 Å². The Bertz CT molecular complexity index is 525. The number of nitrogens with zero attached hydrogens (tertiary/aromatic N) is 1. The number of halogens is 1. The van der Waals surface area contributed by atoms with E-state index in [1.807, 2.05) is 0 Å². The van der Waals surface area contributed by atoms with Gasteiger partial charge in [0.2, 0.25) is 11.8 Å². The molecule has 0 unspecified atom stereocenters. The molecule has 1 aliphatic heterocycles. The fourth-order valence-corrected chi connectivity index (χ4v) is 2.52. The molecule has 1 aromatic carbocycles. The molecule has 2 amide bonds. The van der Waals surface area contributed by atoms with E-state index in [0.717, 1.165) is 12.8 Å². The summed E-state index contributed by atoms with van der Waals surface area (Å²) >= 11 is 0. The number of hydrogen-bond acceptors (Lipinski definition) is 2. The summed E-state index contributed by atoms with van der Waals surface area (Å²) < 4.78 is 12.9. The molecule has 1 aliphatic carbocycles. The van der Waals surface area contributed by atoms with E-state index in [0.29, 0.717) is 25.2 Å². The van der Waals surface area contributed by atoms with Gasteiger partial charge >= 0.3 is 0 Å². The first-order valence-electron chi connectivity index (χ1n) is 6.97. The third kappa shape index (κ3) is 2.81. The molecule has 20 heavy (non-hydrogen) atoms. The van der Waals surface area contributed by atoms with Gasteiger partial charge in [0.05, 0.1) is 0 Å². The summed E-state index contributed by atoms with van der Waals surface area (Å²) in [5.74, 6) is 0.157. The van der Waals surface area contributed by atoms with Crippen molar-refractivity contribution in [3.05, 3.63) is 30.1 Å². The van der Waals surface area contributed by atoms with E-state index in [1.165, 1.54) is 12.1 Å². The Kier molecular flexibility index (Phi) is 3.42. The van der Waals surface area contributed by atoms with Crippen LogP contribution < -0.4 is 10.2 Å². The molecular weight excluding hydrogens is 259 g/mol. The Morgan fingerprint density at radius 2 is 2.00 bits per heavy atom. The summed E-state index contributed by atoms with van der Waals surface area (Å²) in [7, 11) is 0. The predicted molar refractivity (Wildman–Crippen MR) is 72.6 cm³/mol. The number of benzene rings is 1. The minimum Gasteiger partial charge on any atom is -0.356 e. The van der Waals surface area contributed by atoms with Crippen LogP contribution in [0.25, 0.3) is 0 Å². The highest BCUT2D eigenvalue weighted by Crippen LogP contribution is 2.29. The second kappa shape index (κ2) is 5.23. The van der Waals surface area contributed by atoms with Crippen LogP contribution in [0.4, 0.5) is 10.1 Å². The minimum absolute atomic E-state index is 0.0299. The Labute approximate surface area is 117 Å². The van der Waals surface area contributed by atoms with Crippen molar-refractivity contribution in [2.75, 3.05) is 18.0 Å². The standard InChI is InChI=1S/C15H17FN2O2/c16-12-3-5-13(6-4-12)18-9-10(7-14(18)19)8-17-15(20)11-1-2-11/h3-6,10-11H,1-2,7-9H2,(H,17,20)/t10-/m1/s1. The maximum Gasteiger partial charge on any atom is 0.227 e. The first-order chi connectivity index (χ1) is 9.63. The lowest BCUT2D eigenvalue weighted by Gasteiger charge is -2.17. The van der Waals surface area contributed by atoms with E-state index in [9.17, 15) is 14.0 Å². The molecule has 106 valence electrons. The van der Waals surface area contributed by atoms with E-state index in [4.69, 9.17) is 0 Å². The SMILES string of the molecule is O=C(NC[C@H]1CC(=O)N(c2ccc(F)cc2)C1)C1CC1. The van der Waals surface area contributed by atoms with Gasteiger partial charge in [-0.15, -0.1) is 0 Å². The number of carbonyl (C=O) groups is 2. The van der Waals surface area contributed by atoms with E-state index in [2.05, 4.69) is 5.32 Å². The van der Waals surface area contributed by atoms with Gasteiger partial charge in [-0.25, -0.2) is 4.39 Å². The van der Waals surface area contributed by atoms with E-state index >= 15 is 0 Å². The third-order valence-corrected chi connectivity index (χ3v) is 3.86. The van der Waals surface area contributed by atoms with Crippen LogP contribution in [0.2, 0.25) is 0 Å². The Morgan fingerprint density at radius 3 is 2.65 bits per heavy atom. The lowest BCUT2D eigenvalue weighted by atomic mass is 10.1. The predicted octanol–water partition coefficient (Wildman–Crippen LogP) is 1.70. The van der Waals surface area contributed by atoms with Crippen LogP contribution in [-0.4, -0.2) is 24.9 Å². The molecule has 0 spiro atoms. The first-order valence-corrected chi connectivity index (χ1v) is 6.97. The summed E-state index contributed by atoms with van der Waals surface area (Å²) in [4.78, 5) is 25.2. The summed E-state index contributed by atoms with van der Waals surface area (Å²) in [6.07, 6.45) is 2.40. The van der Waals surface area contributed by atoms with Gasteiger partial charge in [-0.1, -0.05) is 0 Å². The minimum atomic E-state index is -0.311. The van der Waals surface area contributed by atoms with Crippen LogP contribution in [0.3, 0.4) is 0 Å². The van der Waals surface area contributed by atoms with Gasteiger partial charge in [-0.3, -0.25) is 9.59 Å². The Hall–Kier alpha value is -1.91. The van der Waals surface area contributed by atoms with Crippen molar-refractivity contribution >= 4 is 17.5 Å². The van der Waals surface area contributed by atoms with Crippen molar-refractivity contribution in [1.82, 2.24) is 5.32 Å². The molecule has 1 saturated carbocycles. The lowest BCUT2D eigenvalue weighted by Crippen LogP contribution is -2.32. The monoisotopic (exact) mass is 276 g/mol. The van der Waals surface area contributed by atoms with Gasteiger partial charge in [0, 0.05) is 37.0 Å². The molecular formula is C15H17FN2O2. The third-order valence-electron chi connectivity index (χ3n) is 3.86. The van der Waals surface area contributed by atoms with Crippen LogP contribution in [0, 0.1) is 17.7 Å². The molecule has 0 aromatic heterocycles. The topological polar surface area (TPSA) is 49.4 Å². The normalized spacial score (nSPS) is 22.1. The number of nitrogens with one attached hydrogen (secondary N) is 1. The summed E-state index contributed by atoms with van der Waals surface area (Å²) in [6.45, 7) is 1.12. The molecule has 2 fully saturated rings. The summed E-state index contributed by atoms with van der Waals surface area (Å²) in [5.41, 5.74) is 0.715. The molecule has 1 aromatic rings. The number of amides is 2. The molecule has 2 aliphatic rings. The second-order valence-corrected chi connectivity index (χ2v) is 5.57. The summed E-state index contributed by atoms with van der Waals surface area (Å²) in [6, 6.07) is 5.92. The average Bonchev–Trinajstić information content (AvgIpc) is 3.21.